The molecule has 0 fully saturated rings. The molecule has 5 nitrogen and oxygen atoms in total. The van der Waals surface area contributed by atoms with Gasteiger partial charge in [0.2, 0.25) is 0 Å². The van der Waals surface area contributed by atoms with Crippen LogP contribution < -0.4 is 14.5 Å². The number of anilines is 2. The van der Waals surface area contributed by atoms with Gasteiger partial charge in [0.05, 0.1) is 17.4 Å². The van der Waals surface area contributed by atoms with Gasteiger partial charge in [0, 0.05) is 18.8 Å². The molecular formula is C23H25ClN2O3. The number of halogens is 1. The van der Waals surface area contributed by atoms with E-state index in [0.29, 0.717) is 17.0 Å². The summed E-state index contributed by atoms with van der Waals surface area (Å²) < 4.78 is 5.63. The quantitative estimate of drug-likeness (QED) is 0.610. The number of benzene rings is 2. The van der Waals surface area contributed by atoms with E-state index >= 15 is 0 Å². The van der Waals surface area contributed by atoms with Crippen molar-refractivity contribution in [1.82, 2.24) is 0 Å². The maximum absolute atomic E-state index is 13.0. The van der Waals surface area contributed by atoms with Crippen LogP contribution in [0.1, 0.15) is 33.3 Å². The lowest BCUT2D eigenvalue weighted by Crippen LogP contribution is -2.31. The Bertz CT molecular complexity index is 930. The normalized spacial score (nSPS) is 14.2. The number of carbonyl (C=O) groups excluding carboxylic acids is 2. The fourth-order valence-corrected chi connectivity index (χ4v) is 3.64. The van der Waals surface area contributed by atoms with Gasteiger partial charge >= 0.3 is 0 Å². The maximum atomic E-state index is 13.0. The van der Waals surface area contributed by atoms with E-state index in [-0.39, 0.29) is 16.7 Å². The van der Waals surface area contributed by atoms with Crippen molar-refractivity contribution >= 4 is 40.4 Å². The molecule has 0 N–H and O–H groups in total. The average molecular weight is 413 g/mol. The molecule has 0 aliphatic carbocycles. The number of rotatable bonds is 7. The van der Waals surface area contributed by atoms with Crippen LogP contribution >= 0.6 is 11.6 Å². The SMILES string of the molecule is CCN(CC)c1ccc(N2C(=O)C(Cl)=C(c3ccc(OC(C)C)cc3)C2=O)cc1. The Labute approximate surface area is 176 Å². The number of ether oxygens (including phenoxy) is 1. The van der Waals surface area contributed by atoms with E-state index in [9.17, 15) is 9.59 Å². The molecular weight excluding hydrogens is 388 g/mol. The van der Waals surface area contributed by atoms with Crippen LogP contribution in [0.2, 0.25) is 0 Å². The highest BCUT2D eigenvalue weighted by atomic mass is 35.5. The van der Waals surface area contributed by atoms with Gasteiger partial charge in [-0.3, -0.25) is 9.59 Å². The standard InChI is InChI=1S/C23H25ClN2O3/c1-5-25(6-2)17-9-11-18(12-10-17)26-22(27)20(21(24)23(26)28)16-7-13-19(14-8-16)29-15(3)4/h7-15H,5-6H2,1-4H3. The number of hydrogen-bond acceptors (Lipinski definition) is 4. The molecule has 1 heterocycles. The zero-order chi connectivity index (χ0) is 21.1. The second-order valence-corrected chi connectivity index (χ2v) is 7.39. The summed E-state index contributed by atoms with van der Waals surface area (Å²) in [6.07, 6.45) is 0.0492. The Morgan fingerprint density at radius 3 is 2.03 bits per heavy atom. The highest BCUT2D eigenvalue weighted by Gasteiger charge is 2.39. The van der Waals surface area contributed by atoms with Gasteiger partial charge in [-0.15, -0.1) is 0 Å². The third-order valence-corrected chi connectivity index (χ3v) is 5.13. The summed E-state index contributed by atoms with van der Waals surface area (Å²) in [4.78, 5) is 29.1. The maximum Gasteiger partial charge on any atom is 0.277 e. The summed E-state index contributed by atoms with van der Waals surface area (Å²) in [5, 5.41) is -0.0691. The largest absolute Gasteiger partial charge is 0.491 e. The van der Waals surface area contributed by atoms with E-state index < -0.39 is 11.8 Å². The fraction of sp³-hybridized carbons (Fsp3) is 0.304. The van der Waals surface area contributed by atoms with E-state index in [4.69, 9.17) is 16.3 Å². The van der Waals surface area contributed by atoms with Gasteiger partial charge in [0.15, 0.2) is 0 Å². The molecule has 2 aromatic rings. The van der Waals surface area contributed by atoms with E-state index in [1.54, 1.807) is 36.4 Å². The van der Waals surface area contributed by atoms with Crippen LogP contribution in [-0.2, 0) is 9.59 Å². The molecule has 3 rings (SSSR count). The summed E-state index contributed by atoms with van der Waals surface area (Å²) in [6, 6.07) is 14.4. The lowest BCUT2D eigenvalue weighted by molar-refractivity contribution is -0.119. The third-order valence-electron chi connectivity index (χ3n) is 4.78. The number of imide groups is 1. The Morgan fingerprint density at radius 1 is 0.931 bits per heavy atom. The molecule has 2 aromatic carbocycles. The van der Waals surface area contributed by atoms with Crippen LogP contribution in [0.5, 0.6) is 5.75 Å². The van der Waals surface area contributed by atoms with Crippen LogP contribution in [-0.4, -0.2) is 31.0 Å². The van der Waals surface area contributed by atoms with Crippen molar-refractivity contribution in [2.45, 2.75) is 33.8 Å². The van der Waals surface area contributed by atoms with Gasteiger partial charge in [0.25, 0.3) is 11.8 Å². The van der Waals surface area contributed by atoms with Gasteiger partial charge in [-0.2, -0.15) is 0 Å². The third kappa shape index (κ3) is 4.15. The number of amides is 2. The van der Waals surface area contributed by atoms with Crippen molar-refractivity contribution in [3.05, 3.63) is 59.1 Å². The second-order valence-electron chi connectivity index (χ2n) is 7.01. The van der Waals surface area contributed by atoms with E-state index in [0.717, 1.165) is 23.7 Å². The van der Waals surface area contributed by atoms with Crippen LogP contribution in [0, 0.1) is 0 Å². The lowest BCUT2D eigenvalue weighted by Gasteiger charge is -2.22. The van der Waals surface area contributed by atoms with Crippen LogP contribution in [0.4, 0.5) is 11.4 Å². The van der Waals surface area contributed by atoms with Gasteiger partial charge in [-0.1, -0.05) is 23.7 Å². The topological polar surface area (TPSA) is 49.9 Å². The molecule has 0 unspecified atom stereocenters. The Hall–Kier alpha value is -2.79. The van der Waals surface area contributed by atoms with Gasteiger partial charge < -0.3 is 9.64 Å². The molecule has 0 radical (unpaired) electrons. The highest BCUT2D eigenvalue weighted by molar-refractivity contribution is 6.60. The minimum atomic E-state index is -0.509. The molecule has 1 aliphatic heterocycles. The smallest absolute Gasteiger partial charge is 0.277 e. The summed E-state index contributed by atoms with van der Waals surface area (Å²) in [5.41, 5.74) is 2.34. The lowest BCUT2D eigenvalue weighted by atomic mass is 10.1. The van der Waals surface area contributed by atoms with Gasteiger partial charge in [-0.05, 0) is 69.7 Å². The number of hydrogen-bond donors (Lipinski definition) is 0. The molecule has 1 aliphatic rings. The van der Waals surface area contributed by atoms with Crippen LogP contribution in [0.3, 0.4) is 0 Å². The average Bonchev–Trinajstić information content (AvgIpc) is 2.92. The van der Waals surface area contributed by atoms with Crippen molar-refractivity contribution in [3.63, 3.8) is 0 Å². The molecule has 152 valence electrons. The van der Waals surface area contributed by atoms with Crippen LogP contribution in [0.25, 0.3) is 5.57 Å². The molecule has 2 amide bonds. The summed E-state index contributed by atoms with van der Waals surface area (Å²) in [5.74, 6) is -0.237. The first-order valence-electron chi connectivity index (χ1n) is 9.78. The predicted molar refractivity (Wildman–Crippen MR) is 117 cm³/mol. The number of carbonyl (C=O) groups is 2. The number of nitrogens with zero attached hydrogens (tertiary/aromatic N) is 2. The van der Waals surface area contributed by atoms with Crippen LogP contribution in [0.15, 0.2) is 53.6 Å². The van der Waals surface area contributed by atoms with Crippen molar-refractivity contribution in [2.24, 2.45) is 0 Å². The Morgan fingerprint density at radius 2 is 1.52 bits per heavy atom. The van der Waals surface area contributed by atoms with E-state index in [2.05, 4.69) is 18.7 Å². The highest BCUT2D eigenvalue weighted by Crippen LogP contribution is 2.36. The minimum Gasteiger partial charge on any atom is -0.491 e. The predicted octanol–water partition coefficient (Wildman–Crippen LogP) is 4.84. The molecule has 6 heteroatoms. The van der Waals surface area contributed by atoms with Crippen molar-refractivity contribution in [3.8, 4) is 5.75 Å². The molecule has 0 spiro atoms. The first kappa shape index (κ1) is 20.9. The molecule has 0 bridgehead atoms. The summed E-state index contributed by atoms with van der Waals surface area (Å²) in [7, 11) is 0. The monoisotopic (exact) mass is 412 g/mol. The van der Waals surface area contributed by atoms with E-state index in [1.807, 2.05) is 26.0 Å². The van der Waals surface area contributed by atoms with Crippen molar-refractivity contribution < 1.29 is 14.3 Å². The van der Waals surface area contributed by atoms with Crippen molar-refractivity contribution in [2.75, 3.05) is 22.9 Å². The zero-order valence-electron chi connectivity index (χ0n) is 17.1. The molecule has 29 heavy (non-hydrogen) atoms. The first-order chi connectivity index (χ1) is 13.9. The van der Waals surface area contributed by atoms with Gasteiger partial charge in [-0.25, -0.2) is 4.90 Å². The van der Waals surface area contributed by atoms with Gasteiger partial charge in [0.1, 0.15) is 10.8 Å². The fourth-order valence-electron chi connectivity index (χ4n) is 3.36. The zero-order valence-corrected chi connectivity index (χ0v) is 17.9. The van der Waals surface area contributed by atoms with E-state index in [1.165, 1.54) is 0 Å². The molecule has 0 saturated heterocycles. The summed E-state index contributed by atoms with van der Waals surface area (Å²) in [6.45, 7) is 9.80. The molecule has 0 atom stereocenters. The Balaban J connectivity index is 1.87. The first-order valence-corrected chi connectivity index (χ1v) is 10.2. The Kier molecular flexibility index (Phi) is 6.28. The van der Waals surface area contributed by atoms with Crippen molar-refractivity contribution in [1.29, 1.82) is 0 Å². The second kappa shape index (κ2) is 8.70. The molecule has 0 aromatic heterocycles. The molecule has 0 saturated carbocycles. The minimum absolute atomic E-state index is 0.0492. The summed E-state index contributed by atoms with van der Waals surface area (Å²) >= 11 is 6.28.